The van der Waals surface area contributed by atoms with E-state index in [0.29, 0.717) is 84.9 Å². The summed E-state index contributed by atoms with van der Waals surface area (Å²) in [5, 5.41) is 4.03. The van der Waals surface area contributed by atoms with Gasteiger partial charge in [-0.1, -0.05) is 19.9 Å². The van der Waals surface area contributed by atoms with Crippen molar-refractivity contribution in [3.63, 3.8) is 0 Å². The van der Waals surface area contributed by atoms with E-state index in [1.54, 1.807) is 32.4 Å². The number of rotatable bonds is 9. The first-order valence-electron chi connectivity index (χ1n) is 15.5. The number of nitrogens with zero attached hydrogens (tertiary/aromatic N) is 2. The van der Waals surface area contributed by atoms with E-state index >= 15 is 0 Å². The average molecular weight is 622 g/mol. The third-order valence-corrected chi connectivity index (χ3v) is 10.8. The molecule has 44 heavy (non-hydrogen) atoms. The highest BCUT2D eigenvalue weighted by Gasteiger charge is 2.50. The maximum Gasteiger partial charge on any atom is 0.252 e. The van der Waals surface area contributed by atoms with Gasteiger partial charge >= 0.3 is 0 Å². The predicted molar refractivity (Wildman–Crippen MR) is 169 cm³/mol. The van der Waals surface area contributed by atoms with Gasteiger partial charge in [0.05, 0.1) is 42.2 Å². The predicted octanol–water partition coefficient (Wildman–Crippen LogP) is 6.93. The summed E-state index contributed by atoms with van der Waals surface area (Å²) in [5.41, 5.74) is 0.429. The molecule has 1 N–H and O–H groups in total. The third kappa shape index (κ3) is 5.98. The minimum atomic E-state index is -1.10. The Labute approximate surface area is 261 Å². The number of ether oxygens (including phenoxy) is 3. The van der Waals surface area contributed by atoms with Crippen LogP contribution in [-0.2, 0) is 4.74 Å². The number of fused-ring (bicyclic) bond motifs is 4. The second-order valence-electron chi connectivity index (χ2n) is 12.8. The zero-order valence-electron chi connectivity index (χ0n) is 25.8. The lowest BCUT2D eigenvalue weighted by Crippen LogP contribution is -2.57. The van der Waals surface area contributed by atoms with Crippen molar-refractivity contribution >= 4 is 39.3 Å². The molecule has 1 aliphatic heterocycles. The fraction of sp³-hybridized carbons (Fsp3) is 0.529. The van der Waals surface area contributed by atoms with Crippen LogP contribution < -0.4 is 14.8 Å². The van der Waals surface area contributed by atoms with Gasteiger partial charge in [0.2, 0.25) is 5.88 Å². The highest BCUT2D eigenvalue weighted by atomic mass is 32.1. The van der Waals surface area contributed by atoms with Crippen LogP contribution in [-0.4, -0.2) is 60.3 Å². The molecule has 3 aliphatic carbocycles. The van der Waals surface area contributed by atoms with E-state index in [4.69, 9.17) is 19.2 Å². The Kier molecular flexibility index (Phi) is 8.50. The monoisotopic (exact) mass is 621 g/mol. The molecule has 2 bridgehead atoms. The van der Waals surface area contributed by atoms with Crippen molar-refractivity contribution in [1.29, 1.82) is 0 Å². The number of carbonyl (C=O) groups excluding carboxylic acids is 2. The number of pyridine rings is 1. The number of ketones is 1. The molecule has 3 saturated carbocycles. The van der Waals surface area contributed by atoms with Crippen molar-refractivity contribution in [2.45, 2.75) is 75.9 Å². The Morgan fingerprint density at radius 3 is 2.57 bits per heavy atom. The molecule has 0 radical (unpaired) electrons. The highest BCUT2D eigenvalue weighted by Crippen LogP contribution is 2.49. The van der Waals surface area contributed by atoms with Gasteiger partial charge in [-0.25, -0.2) is 14.4 Å². The lowest BCUT2D eigenvalue weighted by molar-refractivity contribution is -0.00653. The third-order valence-electron chi connectivity index (χ3n) is 9.71. The van der Waals surface area contributed by atoms with Crippen LogP contribution in [0.1, 0.15) is 96.0 Å². The maximum atomic E-state index is 14.8. The number of amides is 1. The number of alkyl halides is 1. The first-order valence-corrected chi connectivity index (χ1v) is 16.3. The molecule has 4 aliphatic rings. The van der Waals surface area contributed by atoms with Gasteiger partial charge in [-0.2, -0.15) is 0 Å². The number of benzene rings is 1. The average Bonchev–Trinajstić information content (AvgIpc) is 3.46. The van der Waals surface area contributed by atoms with E-state index in [2.05, 4.69) is 23.3 Å². The minimum Gasteiger partial charge on any atom is -0.496 e. The van der Waals surface area contributed by atoms with Crippen molar-refractivity contribution < 1.29 is 28.2 Å². The minimum absolute atomic E-state index is 0.196. The molecular weight excluding hydrogens is 581 g/mol. The number of thiazole rings is 1. The zero-order chi connectivity index (χ0) is 31.1. The maximum absolute atomic E-state index is 14.8. The molecule has 0 spiro atoms. The van der Waals surface area contributed by atoms with Crippen LogP contribution in [0.5, 0.6) is 11.6 Å². The summed E-state index contributed by atoms with van der Waals surface area (Å²) in [6.07, 6.45) is 9.96. The molecule has 2 unspecified atom stereocenters. The first kappa shape index (κ1) is 30.6. The molecule has 1 amide bonds. The lowest BCUT2D eigenvalue weighted by atomic mass is 9.64. The summed E-state index contributed by atoms with van der Waals surface area (Å²) in [6.45, 7) is 5.47. The van der Waals surface area contributed by atoms with Gasteiger partial charge in [-0.05, 0) is 74.6 Å². The van der Waals surface area contributed by atoms with E-state index in [-0.39, 0.29) is 17.6 Å². The van der Waals surface area contributed by atoms with Gasteiger partial charge in [0, 0.05) is 36.2 Å². The standard InChI is InChI=1S/C34H40FN3O5S/c1-20-15-22(19-43-18-20)5-8-28-37-25-6-7-26(41-3)29(31(25)44-28)30(39)21(2)24-17-36-27(42-4)16-23(24)32(40)38-34-12-9-33(35,10-13-34)11-14-34/h5-8,16-17,20-22H,9-15,18-19H2,1-4H3,(H,38,40)/b8-5+/t20?,21-,22?,33?,34?/m1/s1. The van der Waals surface area contributed by atoms with Crippen molar-refractivity contribution in [1.82, 2.24) is 15.3 Å². The van der Waals surface area contributed by atoms with E-state index in [1.165, 1.54) is 18.4 Å². The quantitative estimate of drug-likeness (QED) is 0.259. The lowest BCUT2D eigenvalue weighted by Gasteiger charge is -2.50. The van der Waals surface area contributed by atoms with Gasteiger partial charge in [-0.3, -0.25) is 9.59 Å². The number of hydrogen-bond donors (Lipinski definition) is 1. The summed E-state index contributed by atoms with van der Waals surface area (Å²) in [6, 6.07) is 5.21. The molecular formula is C34H40FN3O5S. The van der Waals surface area contributed by atoms with E-state index in [9.17, 15) is 14.0 Å². The number of methoxy groups -OCH3 is 2. The summed E-state index contributed by atoms with van der Waals surface area (Å²) in [5.74, 6) is 0.362. The molecule has 2 aromatic heterocycles. The largest absolute Gasteiger partial charge is 0.496 e. The van der Waals surface area contributed by atoms with Crippen LogP contribution in [0.15, 0.2) is 30.5 Å². The van der Waals surface area contributed by atoms with Crippen molar-refractivity contribution in [3.05, 3.63) is 52.2 Å². The summed E-state index contributed by atoms with van der Waals surface area (Å²) >= 11 is 1.45. The molecule has 1 saturated heterocycles. The van der Waals surface area contributed by atoms with E-state index in [1.807, 2.05) is 12.1 Å². The van der Waals surface area contributed by atoms with Crippen LogP contribution >= 0.6 is 11.3 Å². The second-order valence-corrected chi connectivity index (χ2v) is 13.9. The van der Waals surface area contributed by atoms with Crippen LogP contribution in [0, 0.1) is 11.8 Å². The fourth-order valence-electron chi connectivity index (χ4n) is 6.99. The molecule has 7 rings (SSSR count). The Morgan fingerprint density at radius 2 is 1.89 bits per heavy atom. The van der Waals surface area contributed by atoms with Gasteiger partial charge in [0.15, 0.2) is 5.78 Å². The molecule has 4 fully saturated rings. The number of Topliss-reactive ketones (excluding diaryl/α,β-unsaturated/α-hetero) is 1. The fourth-order valence-corrected chi connectivity index (χ4v) is 8.01. The smallest absolute Gasteiger partial charge is 0.252 e. The summed E-state index contributed by atoms with van der Waals surface area (Å²) < 4.78 is 32.3. The van der Waals surface area contributed by atoms with Gasteiger partial charge < -0.3 is 19.5 Å². The van der Waals surface area contributed by atoms with Crippen LogP contribution in [0.2, 0.25) is 0 Å². The number of halogens is 1. The van der Waals surface area contributed by atoms with Crippen molar-refractivity contribution in [3.8, 4) is 11.6 Å². The van der Waals surface area contributed by atoms with E-state index in [0.717, 1.165) is 22.7 Å². The topological polar surface area (TPSA) is 99.6 Å². The highest BCUT2D eigenvalue weighted by molar-refractivity contribution is 7.19. The Balaban J connectivity index is 1.30. The van der Waals surface area contributed by atoms with Crippen LogP contribution in [0.4, 0.5) is 4.39 Å². The zero-order valence-corrected chi connectivity index (χ0v) is 26.6. The molecule has 10 heteroatoms. The molecule has 3 heterocycles. The number of carbonyl (C=O) groups is 2. The SMILES string of the molecule is COc1cc(C(=O)NC23CCC(F)(CC2)CC3)c([C@@H](C)C(=O)c2c(OC)ccc3nc(/C=C/C4COCC(C)C4)sc23)cn1. The van der Waals surface area contributed by atoms with Crippen LogP contribution in [0.3, 0.4) is 0 Å². The normalized spacial score (nSPS) is 27.4. The number of aromatic nitrogens is 2. The van der Waals surface area contributed by atoms with Crippen molar-refractivity contribution in [2.75, 3.05) is 27.4 Å². The molecule has 234 valence electrons. The summed E-state index contributed by atoms with van der Waals surface area (Å²) in [7, 11) is 3.03. The molecule has 1 aromatic carbocycles. The Hall–Kier alpha value is -3.37. The van der Waals surface area contributed by atoms with Gasteiger partial charge in [-0.15, -0.1) is 11.3 Å². The Morgan fingerprint density at radius 1 is 1.14 bits per heavy atom. The summed E-state index contributed by atoms with van der Waals surface area (Å²) in [4.78, 5) is 37.3. The Bertz CT molecular complexity index is 1580. The second kappa shape index (κ2) is 12.2. The molecule has 8 nitrogen and oxygen atoms in total. The molecule has 3 aromatic rings. The van der Waals surface area contributed by atoms with Gasteiger partial charge in [0.25, 0.3) is 5.91 Å². The van der Waals surface area contributed by atoms with Gasteiger partial charge in [0.1, 0.15) is 16.4 Å². The number of hydrogen-bond acceptors (Lipinski definition) is 8. The first-order chi connectivity index (χ1) is 21.1. The number of nitrogens with one attached hydrogen (secondary N) is 1. The van der Waals surface area contributed by atoms with Crippen LogP contribution in [0.25, 0.3) is 16.3 Å². The van der Waals surface area contributed by atoms with E-state index < -0.39 is 17.1 Å². The van der Waals surface area contributed by atoms with Crippen molar-refractivity contribution in [2.24, 2.45) is 11.8 Å². The molecule has 3 atom stereocenters.